The molecule has 1 aliphatic heterocycles. The fraction of sp³-hybridized carbons (Fsp3) is 0.240. The third-order valence-electron chi connectivity index (χ3n) is 5.34. The molecule has 4 rings (SSSR count). The number of carbonyl (C=O) groups is 2. The number of hydrogen-bond acceptors (Lipinski definition) is 5. The molecule has 0 atom stereocenters. The van der Waals surface area contributed by atoms with Gasteiger partial charge in [-0.05, 0) is 36.3 Å². The summed E-state index contributed by atoms with van der Waals surface area (Å²) in [6.07, 6.45) is 3.48. The van der Waals surface area contributed by atoms with E-state index in [2.05, 4.69) is 46.4 Å². The summed E-state index contributed by atoms with van der Waals surface area (Å²) >= 11 is 1.33. The Bertz CT molecular complexity index is 1100. The first-order valence-electron chi connectivity index (χ1n) is 10.6. The molecule has 1 N–H and O–H groups in total. The van der Waals surface area contributed by atoms with E-state index in [9.17, 15) is 9.59 Å². The molecule has 3 aromatic rings. The van der Waals surface area contributed by atoms with Crippen LogP contribution in [-0.2, 0) is 16.0 Å². The molecule has 1 aromatic heterocycles. The van der Waals surface area contributed by atoms with Gasteiger partial charge in [0.15, 0.2) is 5.13 Å². The summed E-state index contributed by atoms with van der Waals surface area (Å²) in [6, 6.07) is 18.1. The van der Waals surface area contributed by atoms with Gasteiger partial charge in [0.2, 0.25) is 11.8 Å². The van der Waals surface area contributed by atoms with Gasteiger partial charge in [0.25, 0.3) is 0 Å². The molecule has 1 saturated heterocycles. The maximum atomic E-state index is 12.7. The van der Waals surface area contributed by atoms with Gasteiger partial charge in [-0.1, -0.05) is 42.5 Å². The number of carbonyl (C=O) groups excluding carboxylic acids is 2. The Labute approximate surface area is 192 Å². The third kappa shape index (κ3) is 5.82. The van der Waals surface area contributed by atoms with Crippen LogP contribution in [0.3, 0.4) is 0 Å². The SMILES string of the molecule is Cc1cccc(N2CCN(C(=O)Cc3csc(NC(=O)/C=C/c4ccccc4)n3)CC2)c1. The van der Waals surface area contributed by atoms with Crippen molar-refractivity contribution >= 4 is 40.0 Å². The molecule has 0 aliphatic carbocycles. The Morgan fingerprint density at radius 2 is 1.84 bits per heavy atom. The van der Waals surface area contributed by atoms with Crippen molar-refractivity contribution in [1.29, 1.82) is 0 Å². The molecule has 2 heterocycles. The highest BCUT2D eigenvalue weighted by atomic mass is 32.1. The monoisotopic (exact) mass is 446 g/mol. The minimum Gasteiger partial charge on any atom is -0.368 e. The summed E-state index contributed by atoms with van der Waals surface area (Å²) < 4.78 is 0. The first-order chi connectivity index (χ1) is 15.6. The van der Waals surface area contributed by atoms with Crippen LogP contribution in [0.15, 0.2) is 66.1 Å². The fourth-order valence-corrected chi connectivity index (χ4v) is 4.35. The number of hydrogen-bond donors (Lipinski definition) is 1. The highest BCUT2D eigenvalue weighted by Gasteiger charge is 2.22. The van der Waals surface area contributed by atoms with E-state index in [4.69, 9.17) is 0 Å². The van der Waals surface area contributed by atoms with Crippen molar-refractivity contribution in [2.75, 3.05) is 36.4 Å². The molecule has 6 nitrogen and oxygen atoms in total. The average Bonchev–Trinajstić information content (AvgIpc) is 3.25. The number of anilines is 2. The molecule has 2 amide bonds. The van der Waals surface area contributed by atoms with Gasteiger partial charge in [-0.2, -0.15) is 0 Å². The first-order valence-corrected chi connectivity index (χ1v) is 11.5. The second-order valence-electron chi connectivity index (χ2n) is 7.76. The molecule has 0 saturated carbocycles. The molecule has 7 heteroatoms. The number of rotatable bonds is 6. The van der Waals surface area contributed by atoms with E-state index in [-0.39, 0.29) is 18.2 Å². The number of thiazole rings is 1. The van der Waals surface area contributed by atoms with E-state index in [1.165, 1.54) is 28.7 Å². The van der Waals surface area contributed by atoms with Crippen molar-refractivity contribution in [3.63, 3.8) is 0 Å². The third-order valence-corrected chi connectivity index (χ3v) is 6.15. The number of piperazine rings is 1. The molecule has 164 valence electrons. The highest BCUT2D eigenvalue weighted by molar-refractivity contribution is 7.14. The Hall–Kier alpha value is -3.45. The largest absolute Gasteiger partial charge is 0.368 e. The summed E-state index contributed by atoms with van der Waals surface area (Å²) in [5.74, 6) is -0.172. The Kier molecular flexibility index (Phi) is 6.97. The lowest BCUT2D eigenvalue weighted by Crippen LogP contribution is -2.49. The van der Waals surface area contributed by atoms with Crippen LogP contribution in [0.4, 0.5) is 10.8 Å². The summed E-state index contributed by atoms with van der Waals surface area (Å²) in [4.78, 5) is 33.5. The average molecular weight is 447 g/mol. The Morgan fingerprint density at radius 1 is 1.06 bits per heavy atom. The van der Waals surface area contributed by atoms with Crippen molar-refractivity contribution in [2.45, 2.75) is 13.3 Å². The zero-order valence-electron chi connectivity index (χ0n) is 18.0. The predicted octanol–water partition coefficient (Wildman–Crippen LogP) is 3.99. The minimum atomic E-state index is -0.242. The van der Waals surface area contributed by atoms with Crippen molar-refractivity contribution in [1.82, 2.24) is 9.88 Å². The number of aryl methyl sites for hydroxylation is 1. The second kappa shape index (κ2) is 10.2. The molecule has 0 radical (unpaired) electrons. The van der Waals surface area contributed by atoms with Gasteiger partial charge in [-0.25, -0.2) is 4.98 Å². The van der Waals surface area contributed by atoms with Crippen LogP contribution in [-0.4, -0.2) is 47.9 Å². The quantitative estimate of drug-likeness (QED) is 0.582. The molecule has 32 heavy (non-hydrogen) atoms. The van der Waals surface area contributed by atoms with Gasteiger partial charge in [-0.15, -0.1) is 11.3 Å². The van der Waals surface area contributed by atoms with Crippen LogP contribution in [0.1, 0.15) is 16.8 Å². The molecule has 0 unspecified atom stereocenters. The molecule has 1 aliphatic rings. The van der Waals surface area contributed by atoms with E-state index in [1.807, 2.05) is 40.6 Å². The zero-order chi connectivity index (χ0) is 22.3. The van der Waals surface area contributed by atoms with E-state index in [1.54, 1.807) is 6.08 Å². The summed E-state index contributed by atoms with van der Waals surface area (Å²) in [7, 11) is 0. The molecule has 2 aromatic carbocycles. The lowest BCUT2D eigenvalue weighted by Gasteiger charge is -2.36. The second-order valence-corrected chi connectivity index (χ2v) is 8.62. The predicted molar refractivity (Wildman–Crippen MR) is 130 cm³/mol. The number of nitrogens with zero attached hydrogens (tertiary/aromatic N) is 3. The maximum Gasteiger partial charge on any atom is 0.250 e. The van der Waals surface area contributed by atoms with Crippen LogP contribution < -0.4 is 10.2 Å². The maximum absolute atomic E-state index is 12.7. The molecule has 0 spiro atoms. The van der Waals surface area contributed by atoms with Gasteiger partial charge in [0.05, 0.1) is 12.1 Å². The van der Waals surface area contributed by atoms with E-state index in [0.29, 0.717) is 23.9 Å². The lowest BCUT2D eigenvalue weighted by atomic mass is 10.2. The number of aromatic nitrogens is 1. The smallest absolute Gasteiger partial charge is 0.250 e. The molecular formula is C25H26N4O2S. The number of benzene rings is 2. The number of amides is 2. The van der Waals surface area contributed by atoms with Crippen LogP contribution in [0, 0.1) is 6.92 Å². The lowest BCUT2D eigenvalue weighted by molar-refractivity contribution is -0.130. The van der Waals surface area contributed by atoms with Crippen molar-refractivity contribution < 1.29 is 9.59 Å². The summed E-state index contributed by atoms with van der Waals surface area (Å²) in [5.41, 5.74) is 4.08. The zero-order valence-corrected chi connectivity index (χ0v) is 18.8. The van der Waals surface area contributed by atoms with Gasteiger partial charge in [-0.3, -0.25) is 14.9 Å². The van der Waals surface area contributed by atoms with Gasteiger partial charge >= 0.3 is 0 Å². The van der Waals surface area contributed by atoms with Crippen LogP contribution in [0.5, 0.6) is 0 Å². The van der Waals surface area contributed by atoms with Crippen LogP contribution in [0.2, 0.25) is 0 Å². The van der Waals surface area contributed by atoms with Crippen molar-refractivity contribution in [3.8, 4) is 0 Å². The summed E-state index contributed by atoms with van der Waals surface area (Å²) in [5, 5.41) is 5.09. The highest BCUT2D eigenvalue weighted by Crippen LogP contribution is 2.19. The topological polar surface area (TPSA) is 65.5 Å². The first kappa shape index (κ1) is 21.8. The normalized spacial score (nSPS) is 14.0. The van der Waals surface area contributed by atoms with Gasteiger partial charge in [0.1, 0.15) is 0 Å². The van der Waals surface area contributed by atoms with Crippen LogP contribution in [0.25, 0.3) is 6.08 Å². The minimum absolute atomic E-state index is 0.0704. The molecule has 1 fully saturated rings. The van der Waals surface area contributed by atoms with E-state index < -0.39 is 0 Å². The van der Waals surface area contributed by atoms with Crippen molar-refractivity contribution in [2.24, 2.45) is 0 Å². The van der Waals surface area contributed by atoms with E-state index in [0.717, 1.165) is 18.7 Å². The Morgan fingerprint density at radius 3 is 2.59 bits per heavy atom. The van der Waals surface area contributed by atoms with Gasteiger partial charge in [0, 0.05) is 43.3 Å². The van der Waals surface area contributed by atoms with Gasteiger partial charge < -0.3 is 9.80 Å². The molecule has 0 bridgehead atoms. The fourth-order valence-electron chi connectivity index (χ4n) is 3.63. The molecular weight excluding hydrogens is 420 g/mol. The number of nitrogens with one attached hydrogen (secondary N) is 1. The Balaban J connectivity index is 1.26. The van der Waals surface area contributed by atoms with E-state index >= 15 is 0 Å². The van der Waals surface area contributed by atoms with Crippen molar-refractivity contribution in [3.05, 3.63) is 82.9 Å². The standard InChI is InChI=1S/C25H26N4O2S/c1-19-6-5-9-22(16-19)28-12-14-29(15-13-28)24(31)17-21-18-32-25(26-21)27-23(30)11-10-20-7-3-2-4-8-20/h2-11,16,18H,12-15,17H2,1H3,(H,26,27,30)/b11-10+. The summed E-state index contributed by atoms with van der Waals surface area (Å²) in [6.45, 7) is 5.13. The van der Waals surface area contributed by atoms with Crippen LogP contribution >= 0.6 is 11.3 Å².